The quantitative estimate of drug-likeness (QED) is 0.733. The van der Waals surface area contributed by atoms with Crippen LogP contribution in [0.2, 0.25) is 10.3 Å². The fourth-order valence-corrected chi connectivity index (χ4v) is 2.50. The Kier molecular flexibility index (Phi) is 7.97. The Morgan fingerprint density at radius 1 is 1.12 bits per heavy atom. The van der Waals surface area contributed by atoms with Crippen LogP contribution in [0.15, 0.2) is 41.3 Å². The second-order valence-corrected chi connectivity index (χ2v) is 8.59. The minimum absolute atomic E-state index is 0.0458. The molecule has 1 amide bonds. The van der Waals surface area contributed by atoms with Crippen LogP contribution in [-0.4, -0.2) is 36.0 Å². The largest absolute Gasteiger partial charge is 0.322 e. The predicted octanol–water partition coefficient (Wildman–Crippen LogP) is 2.28. The average molecular weight is 424 g/mol. The highest BCUT2D eigenvalue weighted by atomic mass is 35.5. The van der Waals surface area contributed by atoms with E-state index in [9.17, 15) is 17.4 Å². The monoisotopic (exact) mass is 423 g/mol. The zero-order valence-corrected chi connectivity index (χ0v) is 16.3. The number of benzene rings is 1. The number of anilines is 1. The van der Waals surface area contributed by atoms with Gasteiger partial charge in [-0.15, -0.1) is 0 Å². The number of halogens is 2. The standard InChI is InChI=1S/C12H9Cl2N3O3S.C2H6OS/c13-10-5-7(6-11(14)17-10)12(18)16-8-1-3-9(4-2-8)21(15,19)20;1-4(2)3/h1-6H,(H,16,18)(H2,15,19,20);1-2H3. The van der Waals surface area contributed by atoms with Gasteiger partial charge in [0, 0.05) is 34.6 Å². The van der Waals surface area contributed by atoms with E-state index in [0.717, 1.165) is 0 Å². The van der Waals surface area contributed by atoms with Crippen LogP contribution in [0.4, 0.5) is 5.69 Å². The third-order valence-electron chi connectivity index (χ3n) is 2.47. The Balaban J connectivity index is 0.000000705. The Hall–Kier alpha value is -1.52. The second kappa shape index (κ2) is 9.25. The highest BCUT2D eigenvalue weighted by Crippen LogP contribution is 2.17. The molecule has 25 heavy (non-hydrogen) atoms. The highest BCUT2D eigenvalue weighted by molar-refractivity contribution is 7.89. The maximum Gasteiger partial charge on any atom is 0.255 e. The van der Waals surface area contributed by atoms with Crippen molar-refractivity contribution in [2.24, 2.45) is 5.14 Å². The molecule has 1 aromatic carbocycles. The molecule has 0 aliphatic heterocycles. The van der Waals surface area contributed by atoms with Gasteiger partial charge < -0.3 is 5.32 Å². The summed E-state index contributed by atoms with van der Waals surface area (Å²) < 4.78 is 31.8. The molecule has 0 fully saturated rings. The summed E-state index contributed by atoms with van der Waals surface area (Å²) in [6.07, 6.45) is 3.28. The number of carbonyl (C=O) groups excluding carboxylic acids is 1. The molecule has 0 unspecified atom stereocenters. The van der Waals surface area contributed by atoms with Gasteiger partial charge in [0.25, 0.3) is 5.91 Å². The lowest BCUT2D eigenvalue weighted by atomic mass is 10.2. The number of hydrogen-bond donors (Lipinski definition) is 2. The topological polar surface area (TPSA) is 119 Å². The van der Waals surface area contributed by atoms with Crippen molar-refractivity contribution < 1.29 is 17.4 Å². The molecule has 136 valence electrons. The summed E-state index contributed by atoms with van der Waals surface area (Å²) >= 11 is 11.4. The predicted molar refractivity (Wildman–Crippen MR) is 100 cm³/mol. The SMILES string of the molecule is CS(C)=O.NS(=O)(=O)c1ccc(NC(=O)c2cc(Cl)nc(Cl)c2)cc1. The molecule has 1 aromatic heterocycles. The van der Waals surface area contributed by atoms with Crippen molar-refractivity contribution in [1.29, 1.82) is 0 Å². The van der Waals surface area contributed by atoms with Crippen molar-refractivity contribution >= 4 is 55.6 Å². The molecular formula is C14H15Cl2N3O4S2. The molecular weight excluding hydrogens is 409 g/mol. The molecule has 0 aliphatic carbocycles. The number of aromatic nitrogens is 1. The molecule has 11 heteroatoms. The Bertz CT molecular complexity index is 863. The summed E-state index contributed by atoms with van der Waals surface area (Å²) in [5.41, 5.74) is 0.631. The van der Waals surface area contributed by atoms with Crippen LogP contribution >= 0.6 is 23.2 Å². The van der Waals surface area contributed by atoms with Crippen molar-refractivity contribution in [2.75, 3.05) is 17.8 Å². The molecule has 2 aromatic rings. The van der Waals surface area contributed by atoms with Crippen molar-refractivity contribution in [1.82, 2.24) is 4.98 Å². The van der Waals surface area contributed by atoms with E-state index in [4.69, 9.17) is 28.3 Å². The van der Waals surface area contributed by atoms with Gasteiger partial charge in [0.05, 0.1) is 4.90 Å². The highest BCUT2D eigenvalue weighted by Gasteiger charge is 2.11. The van der Waals surface area contributed by atoms with Gasteiger partial charge >= 0.3 is 0 Å². The number of sulfonamides is 1. The third-order valence-corrected chi connectivity index (χ3v) is 3.78. The molecule has 0 saturated carbocycles. The van der Waals surface area contributed by atoms with Crippen LogP contribution in [-0.2, 0) is 20.8 Å². The van der Waals surface area contributed by atoms with Gasteiger partial charge in [-0.25, -0.2) is 18.5 Å². The van der Waals surface area contributed by atoms with Crippen molar-refractivity contribution in [3.63, 3.8) is 0 Å². The van der Waals surface area contributed by atoms with Gasteiger partial charge in [0.2, 0.25) is 10.0 Å². The Morgan fingerprint density at radius 3 is 1.96 bits per heavy atom. The van der Waals surface area contributed by atoms with Gasteiger partial charge in [0.15, 0.2) is 0 Å². The van der Waals surface area contributed by atoms with E-state index in [1.54, 1.807) is 12.5 Å². The first-order chi connectivity index (χ1) is 11.5. The second-order valence-electron chi connectivity index (χ2n) is 4.77. The maximum absolute atomic E-state index is 12.0. The number of pyridine rings is 1. The van der Waals surface area contributed by atoms with Crippen molar-refractivity contribution in [3.05, 3.63) is 52.3 Å². The molecule has 2 rings (SSSR count). The molecule has 1 heterocycles. The molecule has 0 atom stereocenters. The fraction of sp³-hybridized carbons (Fsp3) is 0.143. The Morgan fingerprint density at radius 2 is 1.56 bits per heavy atom. The molecule has 3 N–H and O–H groups in total. The lowest BCUT2D eigenvalue weighted by molar-refractivity contribution is 0.102. The number of primary sulfonamides is 1. The molecule has 0 radical (unpaired) electrons. The normalized spacial score (nSPS) is 10.8. The first-order valence-electron chi connectivity index (χ1n) is 6.51. The summed E-state index contributed by atoms with van der Waals surface area (Å²) in [6.45, 7) is 0. The van der Waals surface area contributed by atoms with E-state index >= 15 is 0 Å². The smallest absolute Gasteiger partial charge is 0.255 e. The van der Waals surface area contributed by atoms with Gasteiger partial charge in [-0.1, -0.05) is 23.2 Å². The zero-order valence-electron chi connectivity index (χ0n) is 13.2. The first-order valence-corrected chi connectivity index (χ1v) is 10.8. The van der Waals surface area contributed by atoms with Gasteiger partial charge in [0.1, 0.15) is 10.3 Å². The van der Waals surface area contributed by atoms with Gasteiger partial charge in [-0.05, 0) is 36.4 Å². The number of amides is 1. The molecule has 0 saturated heterocycles. The van der Waals surface area contributed by atoms with Crippen LogP contribution < -0.4 is 10.5 Å². The van der Waals surface area contributed by atoms with E-state index in [-0.39, 0.29) is 20.8 Å². The lowest BCUT2D eigenvalue weighted by Gasteiger charge is -2.06. The summed E-state index contributed by atoms with van der Waals surface area (Å²) in [5.74, 6) is -0.454. The van der Waals surface area contributed by atoms with E-state index in [1.807, 2.05) is 0 Å². The van der Waals surface area contributed by atoms with E-state index in [2.05, 4.69) is 10.3 Å². The minimum atomic E-state index is -3.77. The number of hydrogen-bond acceptors (Lipinski definition) is 5. The van der Waals surface area contributed by atoms with Gasteiger partial charge in [-0.3, -0.25) is 9.00 Å². The Labute approximate surface area is 158 Å². The van der Waals surface area contributed by atoms with Crippen molar-refractivity contribution in [3.8, 4) is 0 Å². The van der Waals surface area contributed by atoms with Crippen LogP contribution in [0, 0.1) is 0 Å². The third kappa shape index (κ3) is 7.93. The van der Waals surface area contributed by atoms with E-state index in [1.165, 1.54) is 36.4 Å². The van der Waals surface area contributed by atoms with Gasteiger partial charge in [-0.2, -0.15) is 0 Å². The number of nitrogens with two attached hydrogens (primary N) is 1. The lowest BCUT2D eigenvalue weighted by Crippen LogP contribution is -2.14. The molecule has 0 spiro atoms. The summed E-state index contributed by atoms with van der Waals surface area (Å²) in [6, 6.07) is 8.14. The number of carbonyl (C=O) groups is 1. The van der Waals surface area contributed by atoms with Crippen LogP contribution in [0.5, 0.6) is 0 Å². The summed E-state index contributed by atoms with van der Waals surface area (Å²) in [4.78, 5) is 15.7. The minimum Gasteiger partial charge on any atom is -0.322 e. The van der Waals surface area contributed by atoms with E-state index in [0.29, 0.717) is 5.69 Å². The molecule has 0 aliphatic rings. The number of nitrogens with one attached hydrogen (secondary N) is 1. The van der Waals surface area contributed by atoms with Crippen LogP contribution in [0.3, 0.4) is 0 Å². The summed E-state index contributed by atoms with van der Waals surface area (Å²) in [7, 11) is -4.38. The van der Waals surface area contributed by atoms with Crippen LogP contribution in [0.1, 0.15) is 10.4 Å². The number of rotatable bonds is 3. The fourth-order valence-electron chi connectivity index (χ4n) is 1.53. The zero-order chi connectivity index (χ0) is 19.2. The molecule has 0 bridgehead atoms. The number of nitrogens with zero attached hydrogens (tertiary/aromatic N) is 1. The molecule has 7 nitrogen and oxygen atoms in total. The summed E-state index contributed by atoms with van der Waals surface area (Å²) in [5, 5.41) is 7.74. The first kappa shape index (κ1) is 21.5. The van der Waals surface area contributed by atoms with Crippen LogP contribution in [0.25, 0.3) is 0 Å². The average Bonchev–Trinajstić information content (AvgIpc) is 2.45. The van der Waals surface area contributed by atoms with Crippen molar-refractivity contribution in [2.45, 2.75) is 4.90 Å². The van der Waals surface area contributed by atoms with E-state index < -0.39 is 26.7 Å². The maximum atomic E-state index is 12.0.